The van der Waals surface area contributed by atoms with Crippen molar-refractivity contribution in [1.29, 1.82) is 0 Å². The lowest BCUT2D eigenvalue weighted by Crippen LogP contribution is -2.37. The third kappa shape index (κ3) is 4.81. The summed E-state index contributed by atoms with van der Waals surface area (Å²) >= 11 is 5.69. The minimum Gasteiger partial charge on any atom is -0.449 e. The Labute approximate surface area is 122 Å². The highest BCUT2D eigenvalue weighted by atomic mass is 35.5. The maximum absolute atomic E-state index is 13.5. The Morgan fingerprint density at radius 1 is 1.35 bits per heavy atom. The predicted octanol–water partition coefficient (Wildman–Crippen LogP) is 2.80. The van der Waals surface area contributed by atoms with Crippen molar-refractivity contribution in [2.45, 2.75) is 26.9 Å². The maximum Gasteiger partial charge on any atom is 0.341 e. The number of rotatable bonds is 5. The molecule has 1 rings (SSSR count). The summed E-state index contributed by atoms with van der Waals surface area (Å²) in [6.45, 7) is 5.79. The second-order valence-electron chi connectivity index (χ2n) is 4.81. The van der Waals surface area contributed by atoms with Crippen LogP contribution in [-0.4, -0.2) is 24.5 Å². The van der Waals surface area contributed by atoms with Crippen molar-refractivity contribution < 1.29 is 18.7 Å². The summed E-state index contributed by atoms with van der Waals surface area (Å²) in [6, 6.07) is 3.56. The molecule has 1 amide bonds. The molecule has 1 aromatic rings. The van der Waals surface area contributed by atoms with Crippen molar-refractivity contribution in [3.05, 3.63) is 34.6 Å². The second-order valence-corrected chi connectivity index (χ2v) is 5.25. The van der Waals surface area contributed by atoms with Gasteiger partial charge in [0.05, 0.1) is 5.56 Å². The van der Waals surface area contributed by atoms with Crippen molar-refractivity contribution in [1.82, 2.24) is 5.32 Å². The van der Waals surface area contributed by atoms with Crippen LogP contribution in [-0.2, 0) is 9.53 Å². The molecule has 0 unspecified atom stereocenters. The lowest BCUT2D eigenvalue weighted by atomic mass is 10.2. The molecular weight excluding hydrogens is 285 g/mol. The number of esters is 1. The molecule has 0 heterocycles. The van der Waals surface area contributed by atoms with Crippen molar-refractivity contribution in [2.75, 3.05) is 6.54 Å². The minimum absolute atomic E-state index is 0.218. The smallest absolute Gasteiger partial charge is 0.341 e. The summed E-state index contributed by atoms with van der Waals surface area (Å²) in [6.07, 6.45) is -1.00. The zero-order valence-corrected chi connectivity index (χ0v) is 12.3. The summed E-state index contributed by atoms with van der Waals surface area (Å²) in [5, 5.41) is 2.85. The zero-order chi connectivity index (χ0) is 15.3. The van der Waals surface area contributed by atoms with Crippen LogP contribution in [0, 0.1) is 11.7 Å². The van der Waals surface area contributed by atoms with E-state index in [2.05, 4.69) is 5.32 Å². The maximum atomic E-state index is 13.5. The first-order valence-electron chi connectivity index (χ1n) is 6.25. The van der Waals surface area contributed by atoms with E-state index in [0.29, 0.717) is 6.54 Å². The predicted molar refractivity (Wildman–Crippen MR) is 74.1 cm³/mol. The largest absolute Gasteiger partial charge is 0.449 e. The average Bonchev–Trinajstić information content (AvgIpc) is 2.38. The molecule has 0 saturated carbocycles. The van der Waals surface area contributed by atoms with Crippen LogP contribution in [0.25, 0.3) is 0 Å². The molecule has 1 N–H and O–H groups in total. The summed E-state index contributed by atoms with van der Waals surface area (Å²) in [5.41, 5.74) is -0.291. The Hall–Kier alpha value is -1.62. The molecule has 0 aromatic heterocycles. The Bertz CT molecular complexity index is 505. The molecule has 0 radical (unpaired) electrons. The van der Waals surface area contributed by atoms with E-state index < -0.39 is 23.8 Å². The SMILES string of the molecule is CC(C)CNC(=O)[C@@H](C)OC(=O)c1cc(Cl)ccc1F. The summed E-state index contributed by atoms with van der Waals surface area (Å²) in [5.74, 6) is -1.80. The molecular formula is C14H17ClFNO3. The fourth-order valence-corrected chi connectivity index (χ4v) is 1.55. The molecule has 0 aliphatic rings. The molecule has 6 heteroatoms. The number of hydrogen-bond acceptors (Lipinski definition) is 3. The lowest BCUT2D eigenvalue weighted by molar-refractivity contribution is -0.129. The fourth-order valence-electron chi connectivity index (χ4n) is 1.38. The Morgan fingerprint density at radius 2 is 2.00 bits per heavy atom. The van der Waals surface area contributed by atoms with Crippen LogP contribution < -0.4 is 5.32 Å². The summed E-state index contributed by atoms with van der Waals surface area (Å²) in [7, 11) is 0. The third-order valence-electron chi connectivity index (χ3n) is 2.49. The van der Waals surface area contributed by atoms with E-state index >= 15 is 0 Å². The number of hydrogen-bond donors (Lipinski definition) is 1. The number of ether oxygens (including phenoxy) is 1. The molecule has 20 heavy (non-hydrogen) atoms. The van der Waals surface area contributed by atoms with Gasteiger partial charge in [-0.1, -0.05) is 25.4 Å². The van der Waals surface area contributed by atoms with Crippen LogP contribution in [0.3, 0.4) is 0 Å². The van der Waals surface area contributed by atoms with Gasteiger partial charge in [0.25, 0.3) is 5.91 Å². The topological polar surface area (TPSA) is 55.4 Å². The number of amides is 1. The Kier molecular flexibility index (Phi) is 5.95. The van der Waals surface area contributed by atoms with Crippen molar-refractivity contribution >= 4 is 23.5 Å². The van der Waals surface area contributed by atoms with E-state index in [4.69, 9.17) is 16.3 Å². The molecule has 110 valence electrons. The lowest BCUT2D eigenvalue weighted by Gasteiger charge is -2.14. The third-order valence-corrected chi connectivity index (χ3v) is 2.72. The van der Waals surface area contributed by atoms with Crippen LogP contribution in [0.1, 0.15) is 31.1 Å². The molecule has 0 aliphatic carbocycles. The minimum atomic E-state index is -1.00. The van der Waals surface area contributed by atoms with Crippen LogP contribution >= 0.6 is 11.6 Å². The van der Waals surface area contributed by atoms with Crippen LogP contribution in [0.4, 0.5) is 4.39 Å². The molecule has 0 spiro atoms. The average molecular weight is 302 g/mol. The highest BCUT2D eigenvalue weighted by molar-refractivity contribution is 6.30. The molecule has 1 atom stereocenters. The molecule has 0 fully saturated rings. The van der Waals surface area contributed by atoms with E-state index in [9.17, 15) is 14.0 Å². The first-order valence-corrected chi connectivity index (χ1v) is 6.62. The molecule has 0 saturated heterocycles. The van der Waals surface area contributed by atoms with Crippen molar-refractivity contribution in [3.63, 3.8) is 0 Å². The standard InChI is InChI=1S/C14H17ClFNO3/c1-8(2)7-17-13(18)9(3)20-14(19)11-6-10(15)4-5-12(11)16/h4-6,8-9H,7H2,1-3H3,(H,17,18)/t9-/m1/s1. The Balaban J connectivity index is 2.65. The van der Waals surface area contributed by atoms with Gasteiger partial charge in [0.2, 0.25) is 0 Å². The zero-order valence-electron chi connectivity index (χ0n) is 11.6. The Morgan fingerprint density at radius 3 is 2.60 bits per heavy atom. The van der Waals surface area contributed by atoms with Gasteiger partial charge in [-0.2, -0.15) is 0 Å². The number of benzene rings is 1. The number of halogens is 2. The molecule has 1 aromatic carbocycles. The number of carbonyl (C=O) groups is 2. The van der Waals surface area contributed by atoms with Gasteiger partial charge in [0.1, 0.15) is 5.82 Å². The van der Waals surface area contributed by atoms with E-state index in [0.717, 1.165) is 12.1 Å². The summed E-state index contributed by atoms with van der Waals surface area (Å²) < 4.78 is 18.4. The summed E-state index contributed by atoms with van der Waals surface area (Å²) in [4.78, 5) is 23.4. The van der Waals surface area contributed by atoms with E-state index in [1.807, 2.05) is 13.8 Å². The number of nitrogens with one attached hydrogen (secondary N) is 1. The van der Waals surface area contributed by atoms with Gasteiger partial charge in [-0.3, -0.25) is 4.79 Å². The van der Waals surface area contributed by atoms with Crippen molar-refractivity contribution in [2.24, 2.45) is 5.92 Å². The van der Waals surface area contributed by atoms with E-state index in [1.165, 1.54) is 13.0 Å². The monoisotopic (exact) mass is 301 g/mol. The van der Waals surface area contributed by atoms with Gasteiger partial charge in [0.15, 0.2) is 6.10 Å². The second kappa shape index (κ2) is 7.24. The van der Waals surface area contributed by atoms with Crippen LogP contribution in [0.5, 0.6) is 0 Å². The van der Waals surface area contributed by atoms with Gasteiger partial charge in [-0.25, -0.2) is 9.18 Å². The van der Waals surface area contributed by atoms with Gasteiger partial charge in [-0.05, 0) is 31.0 Å². The first-order chi connectivity index (χ1) is 9.31. The normalized spacial score (nSPS) is 12.1. The van der Waals surface area contributed by atoms with Gasteiger partial charge in [0, 0.05) is 11.6 Å². The van der Waals surface area contributed by atoms with Crippen LogP contribution in [0.2, 0.25) is 5.02 Å². The fraction of sp³-hybridized carbons (Fsp3) is 0.429. The van der Waals surface area contributed by atoms with E-state index in [-0.39, 0.29) is 16.5 Å². The number of carbonyl (C=O) groups excluding carboxylic acids is 2. The van der Waals surface area contributed by atoms with Crippen LogP contribution in [0.15, 0.2) is 18.2 Å². The van der Waals surface area contributed by atoms with Crippen molar-refractivity contribution in [3.8, 4) is 0 Å². The highest BCUT2D eigenvalue weighted by Gasteiger charge is 2.21. The van der Waals surface area contributed by atoms with E-state index in [1.54, 1.807) is 0 Å². The molecule has 0 aliphatic heterocycles. The highest BCUT2D eigenvalue weighted by Crippen LogP contribution is 2.16. The first kappa shape index (κ1) is 16.4. The van der Waals surface area contributed by atoms with Gasteiger partial charge in [-0.15, -0.1) is 0 Å². The van der Waals surface area contributed by atoms with Gasteiger partial charge < -0.3 is 10.1 Å². The quantitative estimate of drug-likeness (QED) is 0.851. The molecule has 0 bridgehead atoms. The molecule has 4 nitrogen and oxygen atoms in total. The van der Waals surface area contributed by atoms with Gasteiger partial charge >= 0.3 is 5.97 Å².